The van der Waals surface area contributed by atoms with Crippen LogP contribution >= 0.6 is 12.4 Å². The Kier molecular flexibility index (Phi) is 9.28. The van der Waals surface area contributed by atoms with Crippen LogP contribution in [0.4, 0.5) is 0 Å². The Morgan fingerprint density at radius 2 is 1.75 bits per heavy atom. The van der Waals surface area contributed by atoms with Crippen molar-refractivity contribution in [1.29, 1.82) is 0 Å². The van der Waals surface area contributed by atoms with Gasteiger partial charge in [-0.2, -0.15) is 4.79 Å². The molecular formula is C15H18ClN3Zn. The van der Waals surface area contributed by atoms with Crippen LogP contribution in [0.1, 0.15) is 12.5 Å². The normalized spacial score (nSPS) is 16.3. The third-order valence-electron chi connectivity index (χ3n) is 3.10. The van der Waals surface area contributed by atoms with E-state index in [1.165, 1.54) is 5.56 Å². The molecule has 102 valence electrons. The third-order valence-corrected chi connectivity index (χ3v) is 3.10. The molecule has 1 aromatic carbocycles. The first kappa shape index (κ1) is 19.0. The predicted octanol–water partition coefficient (Wildman–Crippen LogP) is 3.09. The van der Waals surface area contributed by atoms with E-state index in [1.54, 1.807) is 0 Å². The van der Waals surface area contributed by atoms with Crippen LogP contribution in [0, 0.1) is 0 Å². The summed E-state index contributed by atoms with van der Waals surface area (Å²) in [4.78, 5) is 5.53. The van der Waals surface area contributed by atoms with Crippen molar-refractivity contribution >= 4 is 18.1 Å². The van der Waals surface area contributed by atoms with Gasteiger partial charge in [0.2, 0.25) is 0 Å². The van der Waals surface area contributed by atoms with E-state index in [0.29, 0.717) is 5.71 Å². The molecule has 0 fully saturated rings. The van der Waals surface area contributed by atoms with Crippen molar-refractivity contribution in [3.05, 3.63) is 65.7 Å². The van der Waals surface area contributed by atoms with E-state index in [1.807, 2.05) is 18.2 Å². The van der Waals surface area contributed by atoms with Gasteiger partial charge in [0.1, 0.15) is 0 Å². The molecule has 0 saturated carbocycles. The Bertz CT molecular complexity index is 491. The first-order valence-corrected chi connectivity index (χ1v) is 6.20. The molecule has 1 aliphatic rings. The molecular weight excluding hydrogens is 323 g/mol. The topological polar surface area (TPSA) is 39.6 Å². The number of nitrogens with zero attached hydrogens (tertiary/aromatic N) is 3. The molecule has 3 nitrogen and oxygen atoms in total. The van der Waals surface area contributed by atoms with E-state index < -0.39 is 0 Å². The zero-order valence-electron chi connectivity index (χ0n) is 11.6. The Hall–Kier alpha value is -1.05. The van der Waals surface area contributed by atoms with Gasteiger partial charge in [-0.25, -0.2) is 0 Å². The van der Waals surface area contributed by atoms with E-state index in [4.69, 9.17) is 5.53 Å². The van der Waals surface area contributed by atoms with Gasteiger partial charge in [0.15, 0.2) is 0 Å². The number of hydrogen-bond donors (Lipinski definition) is 0. The van der Waals surface area contributed by atoms with Crippen molar-refractivity contribution in [3.63, 3.8) is 0 Å². The van der Waals surface area contributed by atoms with E-state index >= 15 is 0 Å². The molecule has 0 aliphatic heterocycles. The SMILES string of the molecule is CCN(Cc1ccccc1)C1C=CC(=[N+]=[N-])C=C1.Cl.[Zn]. The quantitative estimate of drug-likeness (QED) is 0.471. The maximum absolute atomic E-state index is 8.68. The van der Waals surface area contributed by atoms with Crippen molar-refractivity contribution < 1.29 is 24.3 Å². The Morgan fingerprint density at radius 1 is 1.15 bits per heavy atom. The largest absolute Gasteiger partial charge is 0.361 e. The van der Waals surface area contributed by atoms with Crippen LogP contribution in [-0.2, 0) is 26.0 Å². The first-order valence-electron chi connectivity index (χ1n) is 6.20. The molecule has 0 saturated heterocycles. The maximum atomic E-state index is 8.68. The van der Waals surface area contributed by atoms with Crippen LogP contribution in [0.5, 0.6) is 0 Å². The zero-order valence-corrected chi connectivity index (χ0v) is 15.4. The number of hydrogen-bond acceptors (Lipinski definition) is 1. The molecule has 1 aromatic rings. The molecule has 0 radical (unpaired) electrons. The molecule has 5 heteroatoms. The van der Waals surface area contributed by atoms with Crippen LogP contribution < -0.4 is 0 Å². The third kappa shape index (κ3) is 5.15. The second-order valence-electron chi connectivity index (χ2n) is 4.28. The molecule has 2 rings (SSSR count). The first-order chi connectivity index (χ1) is 8.83. The fraction of sp³-hybridized carbons (Fsp3) is 0.267. The van der Waals surface area contributed by atoms with Crippen molar-refractivity contribution in [2.75, 3.05) is 6.54 Å². The van der Waals surface area contributed by atoms with Crippen molar-refractivity contribution in [2.24, 2.45) is 0 Å². The summed E-state index contributed by atoms with van der Waals surface area (Å²) in [5.41, 5.74) is 10.6. The molecule has 0 atom stereocenters. The number of allylic oxidation sites excluding steroid dienone is 2. The van der Waals surface area contributed by atoms with Gasteiger partial charge in [-0.3, -0.25) is 4.90 Å². The monoisotopic (exact) mass is 339 g/mol. The summed E-state index contributed by atoms with van der Waals surface area (Å²) in [5, 5.41) is 0. The zero-order chi connectivity index (χ0) is 12.8. The van der Waals surface area contributed by atoms with Gasteiger partial charge in [0, 0.05) is 44.2 Å². The fourth-order valence-corrected chi connectivity index (χ4v) is 2.07. The molecule has 0 unspecified atom stereocenters. The minimum atomic E-state index is 0. The van der Waals surface area contributed by atoms with Crippen LogP contribution in [-0.4, -0.2) is 28.0 Å². The summed E-state index contributed by atoms with van der Waals surface area (Å²) >= 11 is 0. The van der Waals surface area contributed by atoms with E-state index in [-0.39, 0.29) is 37.9 Å². The Labute approximate surface area is 139 Å². The van der Waals surface area contributed by atoms with Gasteiger partial charge in [-0.05, 0) is 12.1 Å². The van der Waals surface area contributed by atoms with Gasteiger partial charge in [0.05, 0.1) is 0 Å². The molecule has 0 heterocycles. The average molecular weight is 341 g/mol. The maximum Gasteiger partial charge on any atom is 0.314 e. The Morgan fingerprint density at radius 3 is 2.25 bits per heavy atom. The summed E-state index contributed by atoms with van der Waals surface area (Å²) in [7, 11) is 0. The van der Waals surface area contributed by atoms with Gasteiger partial charge < -0.3 is 5.53 Å². The summed E-state index contributed by atoms with van der Waals surface area (Å²) in [5.74, 6) is 0. The molecule has 1 aliphatic carbocycles. The Balaban J connectivity index is 0.00000180. The standard InChI is InChI=1S/C15H17N3.ClH.Zn/c1-2-18(12-13-6-4-3-5-7-13)15-10-8-14(17-16)9-11-15;;/h3-11,15H,2,12H2,1H3;1H;. The second kappa shape index (κ2) is 9.79. The van der Waals surface area contributed by atoms with E-state index in [2.05, 4.69) is 53.0 Å². The second-order valence-corrected chi connectivity index (χ2v) is 4.28. The molecule has 0 bridgehead atoms. The molecule has 20 heavy (non-hydrogen) atoms. The fourth-order valence-electron chi connectivity index (χ4n) is 2.07. The summed E-state index contributed by atoms with van der Waals surface area (Å²) < 4.78 is 0. The van der Waals surface area contributed by atoms with Crippen LogP contribution in [0.15, 0.2) is 54.6 Å². The van der Waals surface area contributed by atoms with Crippen molar-refractivity contribution in [1.82, 2.24) is 4.90 Å². The summed E-state index contributed by atoms with van der Waals surface area (Å²) in [6.07, 6.45) is 7.81. The van der Waals surface area contributed by atoms with Crippen molar-refractivity contribution in [3.8, 4) is 0 Å². The number of halogens is 1. The van der Waals surface area contributed by atoms with Gasteiger partial charge in [-0.1, -0.05) is 49.4 Å². The van der Waals surface area contributed by atoms with Crippen LogP contribution in [0.3, 0.4) is 0 Å². The van der Waals surface area contributed by atoms with Gasteiger partial charge in [-0.15, -0.1) is 12.4 Å². The smallest absolute Gasteiger partial charge is 0.314 e. The number of benzene rings is 1. The van der Waals surface area contributed by atoms with E-state index in [9.17, 15) is 0 Å². The molecule has 0 spiro atoms. The van der Waals surface area contributed by atoms with Crippen LogP contribution in [0.25, 0.3) is 5.53 Å². The van der Waals surface area contributed by atoms with Gasteiger partial charge in [0.25, 0.3) is 0 Å². The molecule has 0 N–H and O–H groups in total. The summed E-state index contributed by atoms with van der Waals surface area (Å²) in [6.45, 7) is 4.04. The molecule has 0 aromatic heterocycles. The van der Waals surface area contributed by atoms with E-state index in [0.717, 1.165) is 13.1 Å². The molecule has 0 amide bonds. The summed E-state index contributed by atoms with van der Waals surface area (Å²) in [6, 6.07) is 10.7. The minimum Gasteiger partial charge on any atom is -0.361 e. The van der Waals surface area contributed by atoms with Crippen LogP contribution in [0.2, 0.25) is 0 Å². The number of rotatable bonds is 4. The minimum absolute atomic E-state index is 0. The van der Waals surface area contributed by atoms with Crippen molar-refractivity contribution in [2.45, 2.75) is 19.5 Å². The average Bonchev–Trinajstić information content (AvgIpc) is 2.46. The predicted molar refractivity (Wildman–Crippen MR) is 80.5 cm³/mol. The number of likely N-dealkylation sites (N-methyl/N-ethyl adjacent to an activating group) is 1. The van der Waals surface area contributed by atoms with Gasteiger partial charge >= 0.3 is 5.71 Å².